The number of ether oxygens (including phenoxy) is 1. The summed E-state index contributed by atoms with van der Waals surface area (Å²) < 4.78 is 5.35. The van der Waals surface area contributed by atoms with Crippen molar-refractivity contribution < 1.29 is 24.3 Å². The Kier molecular flexibility index (Phi) is 5.65. The molecule has 0 aromatic heterocycles. The van der Waals surface area contributed by atoms with Gasteiger partial charge < -0.3 is 19.5 Å². The molecule has 2 rings (SSSR count). The molecule has 1 saturated heterocycles. The van der Waals surface area contributed by atoms with Gasteiger partial charge in [-0.25, -0.2) is 4.79 Å². The number of hydrogen-bond donors (Lipinski definition) is 1. The second kappa shape index (κ2) is 7.53. The molecule has 134 valence electrons. The summed E-state index contributed by atoms with van der Waals surface area (Å²) in [4.78, 5) is 26.2. The Hall–Kier alpha value is -2.59. The van der Waals surface area contributed by atoms with E-state index in [1.165, 1.54) is 0 Å². The summed E-state index contributed by atoms with van der Waals surface area (Å²) >= 11 is 0. The number of nitriles is 1. The first-order chi connectivity index (χ1) is 11.7. The zero-order valence-corrected chi connectivity index (χ0v) is 14.7. The summed E-state index contributed by atoms with van der Waals surface area (Å²) in [6.07, 6.45) is -0.380. The van der Waals surface area contributed by atoms with Crippen LogP contribution in [0.4, 0.5) is 4.79 Å². The van der Waals surface area contributed by atoms with Crippen molar-refractivity contribution in [2.45, 2.75) is 32.4 Å². The number of piperazine rings is 1. The maximum absolute atomic E-state index is 12.1. The van der Waals surface area contributed by atoms with Gasteiger partial charge in [-0.05, 0) is 32.9 Å². The number of amides is 1. The molecule has 0 spiro atoms. The smallest absolute Gasteiger partial charge is 0.410 e. The molecular weight excluding hydrogens is 322 g/mol. The summed E-state index contributed by atoms with van der Waals surface area (Å²) in [6.45, 7) is 7.24. The van der Waals surface area contributed by atoms with E-state index >= 15 is 0 Å². The quantitative estimate of drug-likeness (QED) is 0.795. The van der Waals surface area contributed by atoms with Crippen LogP contribution in [-0.2, 0) is 9.53 Å². The highest BCUT2D eigenvalue weighted by Crippen LogP contribution is 2.13. The molecule has 1 aromatic carbocycles. The molecule has 7 heteroatoms. The fourth-order valence-corrected chi connectivity index (χ4v) is 2.88. The number of nitrogens with zero attached hydrogens (tertiary/aromatic N) is 2. The topological polar surface area (TPSA) is 97.9 Å². The van der Waals surface area contributed by atoms with Crippen molar-refractivity contribution in [1.82, 2.24) is 4.90 Å². The van der Waals surface area contributed by atoms with Gasteiger partial charge in [-0.2, -0.15) is 5.26 Å². The van der Waals surface area contributed by atoms with Gasteiger partial charge in [0.25, 0.3) is 0 Å². The minimum absolute atomic E-state index is 0.380. The molecule has 1 amide bonds. The van der Waals surface area contributed by atoms with E-state index in [1.54, 1.807) is 29.2 Å². The molecule has 7 nitrogen and oxygen atoms in total. The molecule has 1 aliphatic rings. The van der Waals surface area contributed by atoms with E-state index in [1.807, 2.05) is 26.8 Å². The van der Waals surface area contributed by atoms with Crippen LogP contribution in [0.2, 0.25) is 0 Å². The first-order valence-corrected chi connectivity index (χ1v) is 8.24. The Morgan fingerprint density at radius 2 is 1.80 bits per heavy atom. The molecular formula is C18H23N3O4. The van der Waals surface area contributed by atoms with Crippen molar-refractivity contribution in [1.29, 1.82) is 5.26 Å². The van der Waals surface area contributed by atoms with Crippen LogP contribution in [0.15, 0.2) is 24.3 Å². The van der Waals surface area contributed by atoms with Crippen LogP contribution in [-0.4, -0.2) is 48.7 Å². The predicted molar refractivity (Wildman–Crippen MR) is 87.4 cm³/mol. The molecule has 0 aliphatic carbocycles. The Balaban J connectivity index is 2.04. The van der Waals surface area contributed by atoms with E-state index in [9.17, 15) is 14.7 Å². The second-order valence-electron chi connectivity index (χ2n) is 7.11. The minimum Gasteiger partial charge on any atom is -0.544 e. The van der Waals surface area contributed by atoms with Crippen LogP contribution in [0, 0.1) is 11.3 Å². The van der Waals surface area contributed by atoms with Crippen molar-refractivity contribution in [3.63, 3.8) is 0 Å². The summed E-state index contributed by atoms with van der Waals surface area (Å²) in [5.74, 6) is -1.16. The molecule has 1 fully saturated rings. The van der Waals surface area contributed by atoms with Crippen molar-refractivity contribution in [3.05, 3.63) is 35.4 Å². The number of benzene rings is 1. The van der Waals surface area contributed by atoms with Crippen LogP contribution in [0.3, 0.4) is 0 Å². The van der Waals surface area contributed by atoms with Crippen molar-refractivity contribution in [2.75, 3.05) is 26.2 Å². The molecule has 1 aromatic rings. The van der Waals surface area contributed by atoms with Crippen molar-refractivity contribution in [2.24, 2.45) is 0 Å². The molecule has 0 bridgehead atoms. The van der Waals surface area contributed by atoms with Gasteiger partial charge in [0.05, 0.1) is 37.8 Å². The van der Waals surface area contributed by atoms with Gasteiger partial charge in [-0.1, -0.05) is 12.1 Å². The number of quaternary nitrogens is 1. The molecule has 0 saturated carbocycles. The lowest BCUT2D eigenvalue weighted by atomic mass is 10.0. The van der Waals surface area contributed by atoms with Crippen LogP contribution < -0.4 is 10.0 Å². The van der Waals surface area contributed by atoms with E-state index < -0.39 is 17.6 Å². The Morgan fingerprint density at radius 3 is 2.24 bits per heavy atom. The summed E-state index contributed by atoms with van der Waals surface area (Å²) in [5.41, 5.74) is 0.516. The van der Waals surface area contributed by atoms with E-state index in [2.05, 4.69) is 0 Å². The Bertz CT molecular complexity index is 665. The standard InChI is InChI=1S/C18H23N3O4/c1-18(2,3)25-17(24)21-10-8-20(9-11-21)15(16(22)23)14-6-4-13(12-19)5-7-14/h4-7,15H,8-11H2,1-3H3,(H,22,23)/t15-/m1/s1. The first-order valence-electron chi connectivity index (χ1n) is 8.24. The largest absolute Gasteiger partial charge is 0.544 e. The molecule has 1 aliphatic heterocycles. The molecule has 25 heavy (non-hydrogen) atoms. The number of carboxylic acid groups (broad SMARTS) is 1. The number of carbonyl (C=O) groups is 2. The van der Waals surface area contributed by atoms with Gasteiger partial charge in [0.15, 0.2) is 6.04 Å². The average Bonchev–Trinajstić information content (AvgIpc) is 2.54. The highest BCUT2D eigenvalue weighted by molar-refractivity contribution is 5.72. The van der Waals surface area contributed by atoms with E-state index in [0.717, 1.165) is 4.90 Å². The van der Waals surface area contributed by atoms with Gasteiger partial charge in [-0.3, -0.25) is 4.90 Å². The van der Waals surface area contributed by atoms with Crippen molar-refractivity contribution >= 4 is 12.1 Å². The fourth-order valence-electron chi connectivity index (χ4n) is 2.88. The van der Waals surface area contributed by atoms with Crippen LogP contribution in [0.5, 0.6) is 0 Å². The van der Waals surface area contributed by atoms with Crippen LogP contribution in [0.25, 0.3) is 0 Å². The third-order valence-electron chi connectivity index (χ3n) is 4.07. The van der Waals surface area contributed by atoms with E-state index in [-0.39, 0.29) is 6.09 Å². The molecule has 1 N–H and O–H groups in total. The van der Waals surface area contributed by atoms with Crippen LogP contribution in [0.1, 0.15) is 37.9 Å². The number of aliphatic carboxylic acids is 1. The highest BCUT2D eigenvalue weighted by Gasteiger charge is 2.32. The van der Waals surface area contributed by atoms with Gasteiger partial charge >= 0.3 is 6.09 Å². The molecule has 0 unspecified atom stereocenters. The maximum atomic E-state index is 12.1. The summed E-state index contributed by atoms with van der Waals surface area (Å²) in [6, 6.07) is 7.67. The van der Waals surface area contributed by atoms with E-state index in [0.29, 0.717) is 37.3 Å². The number of carboxylic acids is 1. The normalized spacial score (nSPS) is 16.8. The first kappa shape index (κ1) is 18.7. The van der Waals surface area contributed by atoms with E-state index in [4.69, 9.17) is 10.00 Å². The molecule has 0 radical (unpaired) electrons. The lowest BCUT2D eigenvalue weighted by Crippen LogP contribution is -3.16. The van der Waals surface area contributed by atoms with Gasteiger partial charge in [-0.15, -0.1) is 0 Å². The zero-order chi connectivity index (χ0) is 18.6. The third-order valence-corrected chi connectivity index (χ3v) is 4.07. The van der Waals surface area contributed by atoms with Crippen LogP contribution >= 0.6 is 0 Å². The number of hydrogen-bond acceptors (Lipinski definition) is 5. The molecule has 1 heterocycles. The average molecular weight is 345 g/mol. The Morgan fingerprint density at radius 1 is 1.24 bits per heavy atom. The second-order valence-corrected chi connectivity index (χ2v) is 7.11. The summed E-state index contributed by atoms with van der Waals surface area (Å²) in [5, 5.41) is 20.5. The summed E-state index contributed by atoms with van der Waals surface area (Å²) in [7, 11) is 0. The van der Waals surface area contributed by atoms with Crippen molar-refractivity contribution in [3.8, 4) is 6.07 Å². The number of nitrogens with one attached hydrogen (secondary N) is 1. The monoisotopic (exact) mass is 345 g/mol. The number of carbonyl (C=O) groups excluding carboxylic acids is 2. The van der Waals surface area contributed by atoms with Gasteiger partial charge in [0.1, 0.15) is 11.6 Å². The third kappa shape index (κ3) is 4.94. The minimum atomic E-state index is -1.16. The lowest BCUT2D eigenvalue weighted by Gasteiger charge is -2.37. The van der Waals surface area contributed by atoms with Gasteiger partial charge in [0.2, 0.25) is 0 Å². The van der Waals surface area contributed by atoms with Gasteiger partial charge in [0, 0.05) is 5.56 Å². The maximum Gasteiger partial charge on any atom is 0.410 e. The fraction of sp³-hybridized carbons (Fsp3) is 0.500. The molecule has 1 atom stereocenters. The zero-order valence-electron chi connectivity index (χ0n) is 14.7. The lowest BCUT2D eigenvalue weighted by molar-refractivity contribution is -0.928. The predicted octanol–water partition coefficient (Wildman–Crippen LogP) is -0.515. The Labute approximate surface area is 147 Å². The number of rotatable bonds is 3. The SMILES string of the molecule is CC(C)(C)OC(=O)N1CC[NH+]([C@@H](C(=O)[O-])c2ccc(C#N)cc2)CC1. The highest BCUT2D eigenvalue weighted by atomic mass is 16.6.